The first-order chi connectivity index (χ1) is 15.8. The summed E-state index contributed by atoms with van der Waals surface area (Å²) in [6.45, 7) is -0.0506. The largest absolute Gasteiger partial charge is 0.497 e. The molecule has 1 unspecified atom stereocenters. The fourth-order valence-electron chi connectivity index (χ4n) is 4.62. The normalized spacial score (nSPS) is 21.0. The fraction of sp³-hybridized carbons (Fsp3) is 0.167. The third-order valence-corrected chi connectivity index (χ3v) is 8.07. The zero-order chi connectivity index (χ0) is 23.4. The van der Waals surface area contributed by atoms with Crippen molar-refractivity contribution in [3.8, 4) is 5.75 Å². The average Bonchev–Trinajstić information content (AvgIpc) is 3.16. The van der Waals surface area contributed by atoms with Crippen LogP contribution in [0.4, 0.5) is 15.8 Å². The Bertz CT molecular complexity index is 1410. The molecule has 1 saturated heterocycles. The van der Waals surface area contributed by atoms with Crippen molar-refractivity contribution in [3.63, 3.8) is 0 Å². The van der Waals surface area contributed by atoms with E-state index >= 15 is 0 Å². The van der Waals surface area contributed by atoms with Crippen molar-refractivity contribution in [1.29, 1.82) is 0 Å². The molecule has 1 spiro atoms. The van der Waals surface area contributed by atoms with Crippen molar-refractivity contribution in [2.75, 3.05) is 22.7 Å². The van der Waals surface area contributed by atoms with E-state index in [1.165, 1.54) is 36.3 Å². The Kier molecular flexibility index (Phi) is 4.75. The van der Waals surface area contributed by atoms with Gasteiger partial charge >= 0.3 is 0 Å². The minimum Gasteiger partial charge on any atom is -0.497 e. The number of ether oxygens (including phenoxy) is 1. The molecule has 2 heterocycles. The van der Waals surface area contributed by atoms with E-state index in [2.05, 4.69) is 0 Å². The van der Waals surface area contributed by atoms with Gasteiger partial charge in [-0.15, -0.1) is 0 Å². The molecule has 5 rings (SSSR count). The van der Waals surface area contributed by atoms with Gasteiger partial charge in [-0.25, -0.2) is 12.8 Å². The minimum atomic E-state index is -4.28. The molecule has 0 aliphatic carbocycles. The molecule has 9 heteroatoms. The molecule has 7 nitrogen and oxygen atoms in total. The van der Waals surface area contributed by atoms with Crippen LogP contribution in [0.2, 0.25) is 0 Å². The number of methoxy groups -OCH3 is 1. The van der Waals surface area contributed by atoms with Crippen LogP contribution in [0.25, 0.3) is 0 Å². The van der Waals surface area contributed by atoms with Gasteiger partial charge in [0.15, 0.2) is 9.84 Å². The van der Waals surface area contributed by atoms with E-state index in [0.717, 1.165) is 4.90 Å². The van der Waals surface area contributed by atoms with Crippen molar-refractivity contribution in [2.24, 2.45) is 0 Å². The number of carbonyl (C=O) groups is 2. The third kappa shape index (κ3) is 2.96. The lowest BCUT2D eigenvalue weighted by Gasteiger charge is -2.32. The predicted octanol–water partition coefficient (Wildman–Crippen LogP) is 3.00. The van der Waals surface area contributed by atoms with E-state index < -0.39 is 38.1 Å². The van der Waals surface area contributed by atoms with Crippen LogP contribution in [0.1, 0.15) is 11.1 Å². The summed E-state index contributed by atoms with van der Waals surface area (Å²) < 4.78 is 46.2. The van der Waals surface area contributed by atoms with E-state index in [4.69, 9.17) is 4.74 Å². The van der Waals surface area contributed by atoms with Gasteiger partial charge in [0.2, 0.25) is 5.91 Å². The van der Waals surface area contributed by atoms with Crippen molar-refractivity contribution >= 4 is 33.0 Å². The van der Waals surface area contributed by atoms with E-state index in [9.17, 15) is 22.4 Å². The van der Waals surface area contributed by atoms with Crippen molar-refractivity contribution in [2.45, 2.75) is 11.4 Å². The number of hydrogen-bond donors (Lipinski definition) is 0. The first-order valence-electron chi connectivity index (χ1n) is 10.1. The molecule has 0 saturated carbocycles. The highest BCUT2D eigenvalue weighted by Gasteiger charge is 2.69. The van der Waals surface area contributed by atoms with E-state index in [0.29, 0.717) is 17.0 Å². The lowest BCUT2D eigenvalue weighted by Crippen LogP contribution is -2.54. The average molecular weight is 466 g/mol. The topological polar surface area (TPSA) is 84.0 Å². The van der Waals surface area contributed by atoms with Gasteiger partial charge in [0.1, 0.15) is 17.3 Å². The van der Waals surface area contributed by atoms with Crippen LogP contribution in [0.3, 0.4) is 0 Å². The Morgan fingerprint density at radius 2 is 1.76 bits per heavy atom. The van der Waals surface area contributed by atoms with Crippen molar-refractivity contribution in [1.82, 2.24) is 0 Å². The highest BCUT2D eigenvalue weighted by molar-refractivity contribution is 7.94. The minimum absolute atomic E-state index is 0.0506. The molecule has 33 heavy (non-hydrogen) atoms. The Morgan fingerprint density at radius 3 is 2.52 bits per heavy atom. The molecule has 0 radical (unpaired) electrons. The van der Waals surface area contributed by atoms with Crippen LogP contribution < -0.4 is 14.5 Å². The number of halogens is 1. The second-order valence-electron chi connectivity index (χ2n) is 7.87. The van der Waals surface area contributed by atoms with Gasteiger partial charge in [-0.05, 0) is 35.9 Å². The maximum Gasteiger partial charge on any atom is 0.274 e. The molecule has 3 aromatic carbocycles. The van der Waals surface area contributed by atoms with E-state index in [1.807, 2.05) is 0 Å². The molecule has 168 valence electrons. The van der Waals surface area contributed by atoms with Gasteiger partial charge in [0, 0.05) is 17.3 Å². The molecule has 3 aromatic rings. The SMILES string of the molecule is COc1cccc(N2C(=O)CS(=O)(=O)C23C(=O)N(Cc2cccc(F)c2)c2ccccc23)c1. The second-order valence-corrected chi connectivity index (χ2v) is 9.98. The van der Waals surface area contributed by atoms with E-state index in [-0.39, 0.29) is 17.8 Å². The van der Waals surface area contributed by atoms with Crippen molar-refractivity contribution < 1.29 is 27.1 Å². The molecule has 0 N–H and O–H groups in total. The number of para-hydroxylation sites is 1. The quantitative estimate of drug-likeness (QED) is 0.590. The Balaban J connectivity index is 1.73. The highest BCUT2D eigenvalue weighted by atomic mass is 32.2. The van der Waals surface area contributed by atoms with Gasteiger partial charge in [0.05, 0.1) is 19.3 Å². The molecular formula is C24H19FN2O5S. The van der Waals surface area contributed by atoms with Gasteiger partial charge < -0.3 is 9.64 Å². The number of hydrogen-bond acceptors (Lipinski definition) is 5. The summed E-state index contributed by atoms with van der Waals surface area (Å²) in [7, 11) is -2.83. The maximum absolute atomic E-state index is 14.0. The third-order valence-electron chi connectivity index (χ3n) is 5.96. The Morgan fingerprint density at radius 1 is 1.00 bits per heavy atom. The Hall–Kier alpha value is -3.72. The van der Waals surface area contributed by atoms with E-state index in [1.54, 1.807) is 48.5 Å². The second kappa shape index (κ2) is 7.41. The molecule has 2 amide bonds. The number of anilines is 2. The van der Waals surface area contributed by atoms with Gasteiger partial charge in [-0.3, -0.25) is 14.5 Å². The number of fused-ring (bicyclic) bond motifs is 2. The number of rotatable bonds is 4. The van der Waals surface area contributed by atoms with Crippen molar-refractivity contribution in [3.05, 3.63) is 89.7 Å². The monoisotopic (exact) mass is 466 g/mol. The van der Waals surface area contributed by atoms with Crippen LogP contribution >= 0.6 is 0 Å². The number of sulfone groups is 1. The summed E-state index contributed by atoms with van der Waals surface area (Å²) in [6.07, 6.45) is 0. The lowest BCUT2D eigenvalue weighted by atomic mass is 10.0. The van der Waals surface area contributed by atoms with Crippen LogP contribution in [0, 0.1) is 5.82 Å². The zero-order valence-electron chi connectivity index (χ0n) is 17.6. The maximum atomic E-state index is 14.0. The molecule has 0 aromatic heterocycles. The van der Waals surface area contributed by atoms with Gasteiger partial charge in [-0.2, -0.15) is 0 Å². The highest BCUT2D eigenvalue weighted by Crippen LogP contribution is 2.53. The summed E-state index contributed by atoms with van der Waals surface area (Å²) in [4.78, 5) is 27.2. The van der Waals surface area contributed by atoms with Crippen LogP contribution in [0.5, 0.6) is 5.75 Å². The summed E-state index contributed by atoms with van der Waals surface area (Å²) >= 11 is 0. The summed E-state index contributed by atoms with van der Waals surface area (Å²) in [6, 6.07) is 18.6. The van der Waals surface area contributed by atoms with Crippen LogP contribution in [0.15, 0.2) is 72.8 Å². The number of amides is 2. The number of benzene rings is 3. The number of nitrogens with zero attached hydrogens (tertiary/aromatic N) is 2. The summed E-state index contributed by atoms with van der Waals surface area (Å²) in [5, 5.41) is 0. The molecular weight excluding hydrogens is 447 g/mol. The molecule has 2 aliphatic rings. The first-order valence-corrected chi connectivity index (χ1v) is 11.8. The molecule has 1 atom stereocenters. The Labute approximate surface area is 189 Å². The molecule has 1 fully saturated rings. The molecule has 0 bridgehead atoms. The first kappa shape index (κ1) is 21.1. The standard InChI is InChI=1S/C24H19FN2O5S/c1-32-19-9-5-8-18(13-19)27-22(28)15-33(30,31)24(27)20-10-2-3-11-21(20)26(23(24)29)14-16-6-4-7-17(25)12-16/h2-13H,14-15H2,1H3. The smallest absolute Gasteiger partial charge is 0.274 e. The van der Waals surface area contributed by atoms with Crippen LogP contribution in [-0.2, 0) is 30.8 Å². The lowest BCUT2D eigenvalue weighted by molar-refractivity contribution is -0.123. The van der Waals surface area contributed by atoms with Gasteiger partial charge in [0.25, 0.3) is 10.8 Å². The zero-order valence-corrected chi connectivity index (χ0v) is 18.4. The summed E-state index contributed by atoms with van der Waals surface area (Å²) in [5.41, 5.74) is 1.28. The predicted molar refractivity (Wildman–Crippen MR) is 120 cm³/mol. The molecule has 2 aliphatic heterocycles. The fourth-order valence-corrected chi connectivity index (χ4v) is 6.65. The number of carbonyl (C=O) groups excluding carboxylic acids is 2. The van der Waals surface area contributed by atoms with Gasteiger partial charge in [-0.1, -0.05) is 36.4 Å². The summed E-state index contributed by atoms with van der Waals surface area (Å²) in [5.74, 6) is -2.35. The van der Waals surface area contributed by atoms with Crippen LogP contribution in [-0.4, -0.2) is 33.1 Å².